The highest BCUT2D eigenvalue weighted by atomic mass is 16.5. The lowest BCUT2D eigenvalue weighted by atomic mass is 9.81. The van der Waals surface area contributed by atoms with Crippen molar-refractivity contribution in [2.24, 2.45) is 0 Å². The Hall–Kier alpha value is -1.43. The van der Waals surface area contributed by atoms with Crippen LogP contribution in [0.2, 0.25) is 0 Å². The molecule has 3 rings (SSSR count). The Morgan fingerprint density at radius 3 is 2.75 bits per heavy atom. The first-order valence-electron chi connectivity index (χ1n) is 6.93. The highest BCUT2D eigenvalue weighted by Crippen LogP contribution is 2.39. The topological polar surface area (TPSA) is 59.0 Å². The molecule has 2 aliphatic heterocycles. The molecule has 2 heterocycles. The molecule has 5 nitrogen and oxygen atoms in total. The molecule has 1 aromatic rings. The van der Waals surface area contributed by atoms with Crippen LogP contribution in [-0.4, -0.2) is 48.9 Å². The quantitative estimate of drug-likeness (QED) is 0.900. The van der Waals surface area contributed by atoms with Gasteiger partial charge in [-0.1, -0.05) is 24.3 Å². The number of carboxylic acids is 1. The van der Waals surface area contributed by atoms with E-state index in [1.165, 1.54) is 0 Å². The summed E-state index contributed by atoms with van der Waals surface area (Å²) in [6.07, 6.45) is 0.0595. The third-order valence-corrected chi connectivity index (χ3v) is 4.18. The maximum atomic E-state index is 11.4. The van der Waals surface area contributed by atoms with Crippen molar-refractivity contribution in [2.45, 2.75) is 18.6 Å². The molecule has 1 saturated heterocycles. The van der Waals surface area contributed by atoms with Gasteiger partial charge in [0.05, 0.1) is 38.4 Å². The summed E-state index contributed by atoms with van der Waals surface area (Å²) in [4.78, 5) is 13.6. The molecule has 1 atom stereocenters. The summed E-state index contributed by atoms with van der Waals surface area (Å²) in [5.41, 5.74) is 1.62. The van der Waals surface area contributed by atoms with Crippen LogP contribution in [0, 0.1) is 0 Å². The molecular formula is C15H19NO4. The first-order chi connectivity index (χ1) is 9.72. The van der Waals surface area contributed by atoms with Crippen molar-refractivity contribution < 1.29 is 19.4 Å². The van der Waals surface area contributed by atoms with Crippen LogP contribution >= 0.6 is 0 Å². The lowest BCUT2D eigenvalue weighted by Gasteiger charge is -2.47. The number of rotatable bonds is 3. The number of carboxylic acid groups (broad SMARTS) is 1. The first-order valence-corrected chi connectivity index (χ1v) is 6.93. The van der Waals surface area contributed by atoms with Crippen LogP contribution in [0.5, 0.6) is 0 Å². The number of aliphatic carboxylic acids is 1. The van der Waals surface area contributed by atoms with Gasteiger partial charge in [-0.05, 0) is 11.1 Å². The lowest BCUT2D eigenvalue weighted by Crippen LogP contribution is -2.56. The molecule has 108 valence electrons. The number of carbonyl (C=O) groups is 1. The van der Waals surface area contributed by atoms with Crippen LogP contribution in [-0.2, 0) is 26.4 Å². The molecule has 0 saturated carbocycles. The number of nitrogens with zero attached hydrogens (tertiary/aromatic N) is 1. The van der Waals surface area contributed by atoms with Crippen molar-refractivity contribution >= 4 is 5.97 Å². The third-order valence-electron chi connectivity index (χ3n) is 4.18. The van der Waals surface area contributed by atoms with Crippen molar-refractivity contribution in [2.75, 3.05) is 32.9 Å². The highest BCUT2D eigenvalue weighted by molar-refractivity contribution is 5.69. The van der Waals surface area contributed by atoms with Gasteiger partial charge in [-0.15, -0.1) is 0 Å². The number of hydrogen-bond donors (Lipinski definition) is 1. The van der Waals surface area contributed by atoms with Crippen LogP contribution in [0.1, 0.15) is 17.5 Å². The van der Waals surface area contributed by atoms with E-state index in [1.807, 2.05) is 24.3 Å². The molecule has 0 radical (unpaired) electrons. The van der Waals surface area contributed by atoms with Gasteiger partial charge in [-0.2, -0.15) is 0 Å². The zero-order valence-electron chi connectivity index (χ0n) is 11.4. The second kappa shape index (κ2) is 5.52. The first kappa shape index (κ1) is 13.5. The van der Waals surface area contributed by atoms with Gasteiger partial charge in [-0.25, -0.2) is 0 Å². The number of morpholine rings is 1. The standard InChI is InChI=1S/C15H19NO4/c17-14(18)9-15(16-5-7-19-8-6-16)11-20-10-12-3-1-2-4-13(12)15/h1-4H,5-11H2,(H,17,18). The molecule has 5 heteroatoms. The molecule has 2 aliphatic rings. The van der Waals surface area contributed by atoms with Crippen molar-refractivity contribution in [1.82, 2.24) is 4.90 Å². The van der Waals surface area contributed by atoms with E-state index in [4.69, 9.17) is 9.47 Å². The Morgan fingerprint density at radius 1 is 1.25 bits per heavy atom. The summed E-state index contributed by atoms with van der Waals surface area (Å²) in [7, 11) is 0. The van der Waals surface area contributed by atoms with Crippen molar-refractivity contribution in [3.8, 4) is 0 Å². The molecule has 0 spiro atoms. The Morgan fingerprint density at radius 2 is 2.00 bits per heavy atom. The van der Waals surface area contributed by atoms with Crippen molar-refractivity contribution in [3.05, 3.63) is 35.4 Å². The fourth-order valence-electron chi connectivity index (χ4n) is 3.27. The normalized spacial score (nSPS) is 27.0. The van der Waals surface area contributed by atoms with Gasteiger partial charge in [0.25, 0.3) is 0 Å². The van der Waals surface area contributed by atoms with Gasteiger partial charge in [-0.3, -0.25) is 9.69 Å². The SMILES string of the molecule is O=C(O)CC1(N2CCOCC2)COCc2ccccc21. The van der Waals surface area contributed by atoms with E-state index in [-0.39, 0.29) is 6.42 Å². The maximum Gasteiger partial charge on any atom is 0.305 e. The summed E-state index contributed by atoms with van der Waals surface area (Å²) in [6.45, 7) is 3.75. The molecule has 1 N–H and O–H groups in total. The Bertz CT molecular complexity index is 498. The number of fused-ring (bicyclic) bond motifs is 1. The number of hydrogen-bond acceptors (Lipinski definition) is 4. The van der Waals surface area contributed by atoms with E-state index in [9.17, 15) is 9.90 Å². The average molecular weight is 277 g/mol. The van der Waals surface area contributed by atoms with Gasteiger partial charge in [0.15, 0.2) is 0 Å². The van der Waals surface area contributed by atoms with Gasteiger partial charge in [0, 0.05) is 13.1 Å². The van der Waals surface area contributed by atoms with E-state index < -0.39 is 11.5 Å². The molecule has 0 amide bonds. The molecule has 20 heavy (non-hydrogen) atoms. The summed E-state index contributed by atoms with van der Waals surface area (Å²) >= 11 is 0. The van der Waals surface area contributed by atoms with Crippen LogP contribution in [0.4, 0.5) is 0 Å². The zero-order valence-corrected chi connectivity index (χ0v) is 11.4. The predicted octanol–water partition coefficient (Wildman–Crippen LogP) is 1.22. The highest BCUT2D eigenvalue weighted by Gasteiger charge is 2.44. The maximum absolute atomic E-state index is 11.4. The molecule has 0 aromatic heterocycles. The second-order valence-electron chi connectivity index (χ2n) is 5.35. The summed E-state index contributed by atoms with van der Waals surface area (Å²) in [5, 5.41) is 9.37. The number of ether oxygens (including phenoxy) is 2. The monoisotopic (exact) mass is 277 g/mol. The fraction of sp³-hybridized carbons (Fsp3) is 0.533. The van der Waals surface area contributed by atoms with Crippen molar-refractivity contribution in [1.29, 1.82) is 0 Å². The molecule has 0 aliphatic carbocycles. The Labute approximate surface area is 118 Å². The van der Waals surface area contributed by atoms with Gasteiger partial charge >= 0.3 is 5.97 Å². The van der Waals surface area contributed by atoms with Crippen LogP contribution in [0.25, 0.3) is 0 Å². The van der Waals surface area contributed by atoms with Crippen LogP contribution in [0.15, 0.2) is 24.3 Å². The van der Waals surface area contributed by atoms with E-state index in [0.717, 1.165) is 24.2 Å². The smallest absolute Gasteiger partial charge is 0.305 e. The van der Waals surface area contributed by atoms with E-state index >= 15 is 0 Å². The second-order valence-corrected chi connectivity index (χ2v) is 5.35. The molecule has 1 fully saturated rings. The third kappa shape index (κ3) is 2.32. The van der Waals surface area contributed by atoms with Gasteiger partial charge in [0.1, 0.15) is 0 Å². The fourth-order valence-corrected chi connectivity index (χ4v) is 3.27. The van der Waals surface area contributed by atoms with Gasteiger partial charge in [0.2, 0.25) is 0 Å². The molecular weight excluding hydrogens is 258 g/mol. The minimum atomic E-state index is -0.795. The van der Waals surface area contributed by atoms with Crippen LogP contribution < -0.4 is 0 Å². The summed E-state index contributed by atoms with van der Waals surface area (Å²) in [6, 6.07) is 8.00. The summed E-state index contributed by atoms with van der Waals surface area (Å²) in [5.74, 6) is -0.795. The molecule has 1 unspecified atom stereocenters. The molecule has 1 aromatic carbocycles. The minimum Gasteiger partial charge on any atom is -0.481 e. The largest absolute Gasteiger partial charge is 0.481 e. The van der Waals surface area contributed by atoms with Gasteiger partial charge < -0.3 is 14.6 Å². The van der Waals surface area contributed by atoms with E-state index in [1.54, 1.807) is 0 Å². The lowest BCUT2D eigenvalue weighted by molar-refractivity contribution is -0.146. The number of benzene rings is 1. The molecule has 0 bridgehead atoms. The Kier molecular flexibility index (Phi) is 3.74. The zero-order chi connectivity index (χ0) is 14.0. The summed E-state index contributed by atoms with van der Waals surface area (Å²) < 4.78 is 11.1. The Balaban J connectivity index is 2.04. The predicted molar refractivity (Wildman–Crippen MR) is 72.4 cm³/mol. The van der Waals surface area contributed by atoms with Crippen molar-refractivity contribution in [3.63, 3.8) is 0 Å². The van der Waals surface area contributed by atoms with E-state index in [2.05, 4.69) is 4.90 Å². The van der Waals surface area contributed by atoms with Crippen LogP contribution in [0.3, 0.4) is 0 Å². The average Bonchev–Trinajstić information content (AvgIpc) is 2.48. The van der Waals surface area contributed by atoms with E-state index in [0.29, 0.717) is 26.4 Å². The minimum absolute atomic E-state index is 0.0595.